The Balaban J connectivity index is 4.03. The van der Waals surface area contributed by atoms with Gasteiger partial charge in [-0.3, -0.25) is 18.1 Å². The van der Waals surface area contributed by atoms with Crippen LogP contribution in [0.4, 0.5) is 0 Å². The van der Waals surface area contributed by atoms with Crippen LogP contribution in [0, 0.1) is 0 Å². The normalized spacial score (nSPS) is 20.1. The van der Waals surface area contributed by atoms with Crippen LogP contribution in [0.5, 0.6) is 0 Å². The highest BCUT2D eigenvalue weighted by atomic mass is 31.2. The predicted octanol–water partition coefficient (Wildman–Crippen LogP) is 0.450. The molecule has 122 valence electrons. The first-order chi connectivity index (χ1) is 8.81. The summed E-state index contributed by atoms with van der Waals surface area (Å²) in [4.78, 5) is 34.8. The molecule has 0 aliphatic carbocycles. The standard InChI is InChI=1S/C6H17O11P3/c1-6(5-16-19(9,10)11)17-20(12,13)15-4-3-14-18(2,7)8/h6H,3-5H2,1-2H3,(H,7,8)(H,12,13)(H2,9,10,11). The monoisotopic (exact) mass is 358 g/mol. The molecule has 0 aromatic heterocycles. The van der Waals surface area contributed by atoms with Crippen molar-refractivity contribution in [1.29, 1.82) is 0 Å². The van der Waals surface area contributed by atoms with Crippen LogP contribution < -0.4 is 0 Å². The van der Waals surface area contributed by atoms with Crippen molar-refractivity contribution in [1.82, 2.24) is 0 Å². The van der Waals surface area contributed by atoms with Gasteiger partial charge in [0.2, 0.25) is 0 Å². The first-order valence-corrected chi connectivity index (χ1v) is 10.2. The van der Waals surface area contributed by atoms with E-state index in [-0.39, 0.29) is 0 Å². The highest BCUT2D eigenvalue weighted by Gasteiger charge is 2.26. The second-order valence-electron chi connectivity index (χ2n) is 3.64. The maximum absolute atomic E-state index is 11.3. The molecule has 20 heavy (non-hydrogen) atoms. The van der Waals surface area contributed by atoms with Gasteiger partial charge in [-0.1, -0.05) is 0 Å². The van der Waals surface area contributed by atoms with Crippen LogP contribution in [-0.4, -0.2) is 52.2 Å². The van der Waals surface area contributed by atoms with Crippen LogP contribution in [-0.2, 0) is 31.8 Å². The number of hydrogen-bond acceptors (Lipinski definition) is 7. The van der Waals surface area contributed by atoms with Gasteiger partial charge in [-0.25, -0.2) is 9.13 Å². The van der Waals surface area contributed by atoms with Crippen molar-refractivity contribution in [3.8, 4) is 0 Å². The predicted molar refractivity (Wildman–Crippen MR) is 66.0 cm³/mol. The lowest BCUT2D eigenvalue weighted by atomic mass is 10.5. The summed E-state index contributed by atoms with van der Waals surface area (Å²) in [6, 6.07) is 0. The molecule has 3 unspecified atom stereocenters. The second kappa shape index (κ2) is 8.12. The summed E-state index contributed by atoms with van der Waals surface area (Å²) in [7, 11) is -12.9. The van der Waals surface area contributed by atoms with Gasteiger partial charge in [0.1, 0.15) is 0 Å². The topological polar surface area (TPSA) is 169 Å². The lowest BCUT2D eigenvalue weighted by Crippen LogP contribution is -2.15. The number of phosphoric ester groups is 2. The van der Waals surface area contributed by atoms with E-state index < -0.39 is 49.2 Å². The van der Waals surface area contributed by atoms with E-state index in [0.29, 0.717) is 0 Å². The highest BCUT2D eigenvalue weighted by molar-refractivity contribution is 7.51. The molecule has 0 fully saturated rings. The fourth-order valence-corrected chi connectivity index (χ4v) is 2.55. The van der Waals surface area contributed by atoms with E-state index in [1.807, 2.05) is 0 Å². The van der Waals surface area contributed by atoms with Crippen molar-refractivity contribution in [2.24, 2.45) is 0 Å². The van der Waals surface area contributed by atoms with Gasteiger partial charge in [-0.15, -0.1) is 0 Å². The maximum atomic E-state index is 11.3. The Bertz CT molecular complexity index is 424. The molecular formula is C6H17O11P3. The van der Waals surface area contributed by atoms with Crippen LogP contribution in [0.15, 0.2) is 0 Å². The SMILES string of the molecule is CC(COP(=O)(O)O)OP(=O)(O)OCCOP(C)(=O)O. The molecule has 3 atom stereocenters. The van der Waals surface area contributed by atoms with E-state index in [2.05, 4.69) is 18.1 Å². The third-order valence-electron chi connectivity index (χ3n) is 1.46. The van der Waals surface area contributed by atoms with Crippen molar-refractivity contribution in [2.45, 2.75) is 13.0 Å². The number of phosphoric acid groups is 2. The smallest absolute Gasteiger partial charge is 0.324 e. The van der Waals surface area contributed by atoms with Crippen molar-refractivity contribution in [3.05, 3.63) is 0 Å². The molecule has 0 aromatic carbocycles. The summed E-state index contributed by atoms with van der Waals surface area (Å²) in [5.74, 6) is 0. The summed E-state index contributed by atoms with van der Waals surface area (Å²) in [5, 5.41) is 0. The van der Waals surface area contributed by atoms with Gasteiger partial charge in [0.05, 0.1) is 25.9 Å². The summed E-state index contributed by atoms with van der Waals surface area (Å²) >= 11 is 0. The Morgan fingerprint density at radius 1 is 0.950 bits per heavy atom. The van der Waals surface area contributed by atoms with Gasteiger partial charge >= 0.3 is 23.2 Å². The van der Waals surface area contributed by atoms with E-state index in [1.54, 1.807) is 0 Å². The van der Waals surface area contributed by atoms with E-state index in [0.717, 1.165) is 6.66 Å². The molecule has 0 radical (unpaired) electrons. The fraction of sp³-hybridized carbons (Fsp3) is 1.00. The molecule has 0 amide bonds. The van der Waals surface area contributed by atoms with E-state index >= 15 is 0 Å². The molecule has 14 heteroatoms. The van der Waals surface area contributed by atoms with E-state index in [4.69, 9.17) is 14.7 Å². The Kier molecular flexibility index (Phi) is 8.27. The van der Waals surface area contributed by atoms with Crippen LogP contribution in [0.25, 0.3) is 0 Å². The second-order valence-corrected chi connectivity index (χ2v) is 8.15. The fourth-order valence-electron chi connectivity index (χ4n) is 0.850. The summed E-state index contributed by atoms with van der Waals surface area (Å²) < 4.78 is 49.8. The summed E-state index contributed by atoms with van der Waals surface area (Å²) in [6.07, 6.45) is -1.13. The minimum Gasteiger partial charge on any atom is -0.324 e. The van der Waals surface area contributed by atoms with Crippen LogP contribution in [0.3, 0.4) is 0 Å². The molecular weight excluding hydrogens is 341 g/mol. The highest BCUT2D eigenvalue weighted by Crippen LogP contribution is 2.45. The molecule has 4 N–H and O–H groups in total. The Hall–Kier alpha value is 0.370. The average Bonchev–Trinajstić information content (AvgIpc) is 2.19. The minimum atomic E-state index is -4.70. The quantitative estimate of drug-likeness (QED) is 0.316. The zero-order chi connectivity index (χ0) is 16.0. The lowest BCUT2D eigenvalue weighted by molar-refractivity contribution is 0.0639. The number of hydrogen-bond donors (Lipinski definition) is 4. The maximum Gasteiger partial charge on any atom is 0.472 e. The lowest BCUT2D eigenvalue weighted by Gasteiger charge is -2.17. The van der Waals surface area contributed by atoms with E-state index in [1.165, 1.54) is 6.92 Å². The van der Waals surface area contributed by atoms with Crippen molar-refractivity contribution >= 4 is 23.2 Å². The summed E-state index contributed by atoms with van der Waals surface area (Å²) in [6.45, 7) is 0.634. The Morgan fingerprint density at radius 2 is 1.45 bits per heavy atom. The first kappa shape index (κ1) is 20.4. The van der Waals surface area contributed by atoms with Gasteiger partial charge in [0.25, 0.3) is 0 Å². The molecule has 0 spiro atoms. The Morgan fingerprint density at radius 3 is 1.90 bits per heavy atom. The molecule has 0 aromatic rings. The van der Waals surface area contributed by atoms with Crippen LogP contribution >= 0.6 is 23.2 Å². The van der Waals surface area contributed by atoms with Gasteiger partial charge in [-0.05, 0) is 6.92 Å². The molecule has 0 saturated carbocycles. The minimum absolute atomic E-state index is 0.411. The molecule has 0 rings (SSSR count). The molecule has 0 bridgehead atoms. The number of rotatable bonds is 10. The third kappa shape index (κ3) is 13.4. The zero-order valence-electron chi connectivity index (χ0n) is 10.7. The van der Waals surface area contributed by atoms with Gasteiger partial charge in [0, 0.05) is 6.66 Å². The first-order valence-electron chi connectivity index (χ1n) is 5.11. The molecule has 0 heterocycles. The Labute approximate surface area is 115 Å². The largest absolute Gasteiger partial charge is 0.472 e. The molecule has 0 aliphatic rings. The van der Waals surface area contributed by atoms with Crippen molar-refractivity contribution in [3.63, 3.8) is 0 Å². The molecule has 0 saturated heterocycles. The van der Waals surface area contributed by atoms with Crippen LogP contribution in [0.2, 0.25) is 0 Å². The van der Waals surface area contributed by atoms with Crippen molar-refractivity contribution < 1.29 is 51.4 Å². The average molecular weight is 358 g/mol. The van der Waals surface area contributed by atoms with Gasteiger partial charge < -0.3 is 24.1 Å². The van der Waals surface area contributed by atoms with Gasteiger partial charge in [-0.2, -0.15) is 0 Å². The zero-order valence-corrected chi connectivity index (χ0v) is 13.4. The molecule has 0 aliphatic heterocycles. The summed E-state index contributed by atoms with van der Waals surface area (Å²) in [5.41, 5.74) is 0. The van der Waals surface area contributed by atoms with Crippen molar-refractivity contribution in [2.75, 3.05) is 26.5 Å². The molecule has 11 nitrogen and oxygen atoms in total. The van der Waals surface area contributed by atoms with Gasteiger partial charge in [0.15, 0.2) is 0 Å². The van der Waals surface area contributed by atoms with Crippen LogP contribution in [0.1, 0.15) is 6.92 Å². The van der Waals surface area contributed by atoms with E-state index in [9.17, 15) is 18.6 Å². The third-order valence-corrected chi connectivity index (χ3v) is 3.74.